The van der Waals surface area contributed by atoms with E-state index in [1.54, 1.807) is 45.9 Å². The summed E-state index contributed by atoms with van der Waals surface area (Å²) in [5.41, 5.74) is -0.382. The Bertz CT molecular complexity index is 1090. The molecule has 1 aromatic rings. The maximum absolute atomic E-state index is 13.6. The molecule has 2 rings (SSSR count). The maximum atomic E-state index is 13.6. The molecule has 7 nitrogen and oxygen atoms in total. The van der Waals surface area contributed by atoms with Gasteiger partial charge < -0.3 is 14.1 Å². The van der Waals surface area contributed by atoms with E-state index in [1.807, 2.05) is 6.92 Å². The molecule has 0 bridgehead atoms. The normalized spacial score (nSPS) is 20.9. The Morgan fingerprint density at radius 2 is 1.64 bits per heavy atom. The quantitative estimate of drug-likeness (QED) is 0.129. The van der Waals surface area contributed by atoms with Gasteiger partial charge in [0.25, 0.3) is 0 Å². The van der Waals surface area contributed by atoms with Crippen LogP contribution in [0.2, 0.25) is 18.1 Å². The predicted molar refractivity (Wildman–Crippen MR) is 148 cm³/mol. The fourth-order valence-corrected chi connectivity index (χ4v) is 8.87. The van der Waals surface area contributed by atoms with Crippen molar-refractivity contribution in [1.29, 1.82) is 0 Å². The first kappa shape index (κ1) is 30.6. The number of likely N-dealkylation sites (tertiary alicyclic amines) is 1. The summed E-state index contributed by atoms with van der Waals surface area (Å²) in [5, 5.41) is -0.944. The summed E-state index contributed by atoms with van der Waals surface area (Å²) in [6.45, 7) is 23.1. The van der Waals surface area contributed by atoms with E-state index in [1.165, 1.54) is 17.0 Å². The number of carbonyl (C=O) groups excluding carboxylic acids is 2. The van der Waals surface area contributed by atoms with Crippen molar-refractivity contribution in [2.24, 2.45) is 5.92 Å². The topological polar surface area (TPSA) is 90.0 Å². The predicted octanol–water partition coefficient (Wildman–Crippen LogP) is 5.59. The number of rotatable bonds is 9. The van der Waals surface area contributed by atoms with Crippen LogP contribution in [-0.2, 0) is 27.6 Å². The highest BCUT2D eigenvalue weighted by Crippen LogP contribution is 2.47. The lowest BCUT2D eigenvalue weighted by Gasteiger charge is -2.52. The second-order valence-corrected chi connectivity index (χ2v) is 20.6. The molecule has 0 aliphatic carbocycles. The highest BCUT2D eigenvalue weighted by molar-refractivity contribution is 8.72. The first-order valence-electron chi connectivity index (χ1n) is 12.1. The molecule has 0 radical (unpaired) electrons. The van der Waals surface area contributed by atoms with Crippen LogP contribution in [0.1, 0.15) is 55.4 Å². The average molecular weight is 556 g/mol. The molecule has 1 aromatic carbocycles. The zero-order valence-electron chi connectivity index (χ0n) is 23.1. The molecule has 0 saturated carbocycles. The van der Waals surface area contributed by atoms with E-state index < -0.39 is 52.2 Å². The van der Waals surface area contributed by atoms with Gasteiger partial charge in [0.2, 0.25) is 14.8 Å². The third-order valence-corrected chi connectivity index (χ3v) is 14.9. The molecular formula is C26H41NO6S2Si. The van der Waals surface area contributed by atoms with Crippen molar-refractivity contribution >= 4 is 39.9 Å². The fraction of sp³-hybridized carbons (Fsp3) is 0.615. The molecule has 1 fully saturated rings. The molecule has 0 aromatic heterocycles. The Hall–Kier alpha value is -1.62. The van der Waals surface area contributed by atoms with E-state index in [4.69, 9.17) is 9.16 Å². The van der Waals surface area contributed by atoms with Crippen molar-refractivity contribution < 1.29 is 27.2 Å². The average Bonchev–Trinajstić information content (AvgIpc) is 2.69. The van der Waals surface area contributed by atoms with Crippen LogP contribution in [-0.4, -0.2) is 56.6 Å². The van der Waals surface area contributed by atoms with E-state index in [2.05, 4.69) is 40.4 Å². The van der Waals surface area contributed by atoms with Gasteiger partial charge in [0.15, 0.2) is 14.4 Å². The van der Waals surface area contributed by atoms with E-state index in [0.717, 1.165) is 0 Å². The third-order valence-electron chi connectivity index (χ3n) is 6.55. The van der Waals surface area contributed by atoms with Gasteiger partial charge in [-0.3, -0.25) is 4.79 Å². The molecule has 202 valence electrons. The smallest absolute Gasteiger partial charge is 0.333 e. The Morgan fingerprint density at radius 1 is 1.11 bits per heavy atom. The number of hydrogen-bond acceptors (Lipinski definition) is 7. The molecule has 1 aliphatic heterocycles. The van der Waals surface area contributed by atoms with Gasteiger partial charge in [-0.25, -0.2) is 13.2 Å². The number of β-lactam (4-membered cyclic amide) rings is 1. The lowest BCUT2D eigenvalue weighted by molar-refractivity contribution is -0.174. The van der Waals surface area contributed by atoms with E-state index in [-0.39, 0.29) is 15.8 Å². The number of esters is 1. The van der Waals surface area contributed by atoms with Gasteiger partial charge in [-0.2, -0.15) is 0 Å². The van der Waals surface area contributed by atoms with Gasteiger partial charge >= 0.3 is 5.97 Å². The van der Waals surface area contributed by atoms with Gasteiger partial charge in [0, 0.05) is 0 Å². The van der Waals surface area contributed by atoms with Crippen LogP contribution < -0.4 is 0 Å². The summed E-state index contributed by atoms with van der Waals surface area (Å²) in [4.78, 5) is 28.2. The van der Waals surface area contributed by atoms with Crippen LogP contribution >= 0.6 is 10.8 Å². The summed E-state index contributed by atoms with van der Waals surface area (Å²) in [6.07, 6.45) is -0.539. The molecule has 1 saturated heterocycles. The van der Waals surface area contributed by atoms with Crippen molar-refractivity contribution in [2.75, 3.05) is 0 Å². The lowest BCUT2D eigenvalue weighted by Crippen LogP contribution is -2.69. The number of ether oxygens (including phenoxy) is 1. The summed E-state index contributed by atoms with van der Waals surface area (Å²) in [6, 6.07) is 6.96. The molecule has 10 heteroatoms. The van der Waals surface area contributed by atoms with E-state index in [9.17, 15) is 18.0 Å². The minimum atomic E-state index is -3.84. The highest BCUT2D eigenvalue weighted by Gasteiger charge is 2.58. The molecule has 1 aliphatic rings. The van der Waals surface area contributed by atoms with Crippen LogP contribution in [0.15, 0.2) is 47.4 Å². The number of carbonyl (C=O) groups is 2. The molecule has 1 unspecified atom stereocenters. The summed E-state index contributed by atoms with van der Waals surface area (Å²) in [7, 11) is -5.43. The minimum Gasteiger partial charge on any atom is -0.458 e. The van der Waals surface area contributed by atoms with Crippen LogP contribution in [0.3, 0.4) is 0 Å². The van der Waals surface area contributed by atoms with Crippen molar-refractivity contribution in [1.82, 2.24) is 4.90 Å². The second-order valence-electron chi connectivity index (χ2n) is 11.9. The molecule has 1 heterocycles. The van der Waals surface area contributed by atoms with Crippen molar-refractivity contribution in [2.45, 2.75) is 102 Å². The zero-order valence-corrected chi connectivity index (χ0v) is 25.7. The van der Waals surface area contributed by atoms with E-state index >= 15 is 0 Å². The van der Waals surface area contributed by atoms with Gasteiger partial charge in [0.1, 0.15) is 11.0 Å². The second kappa shape index (κ2) is 10.6. The monoisotopic (exact) mass is 555 g/mol. The summed E-state index contributed by atoms with van der Waals surface area (Å²) < 4.78 is 38.8. The van der Waals surface area contributed by atoms with Crippen molar-refractivity contribution in [3.63, 3.8) is 0 Å². The first-order valence-corrected chi connectivity index (χ1v) is 17.8. The Kier molecular flexibility index (Phi) is 9.03. The standard InChI is InChI=1S/C26H41NO6S2Si/c1-17(2)21(24(29)32-25(4,5)6)27-22(28)20(18(3)33-36(10,11)26(7,8)9)23(27)34-35(30,31)19-15-13-12-14-16-19/h12-16,18,20-21,23H,1H2,2-11H3/t18-,20+,21?,23-/m1/s1. The van der Waals surface area contributed by atoms with Crippen LogP contribution in [0, 0.1) is 5.92 Å². The molecule has 36 heavy (non-hydrogen) atoms. The van der Waals surface area contributed by atoms with Crippen molar-refractivity contribution in [3.05, 3.63) is 42.5 Å². The molecule has 1 amide bonds. The summed E-state index contributed by atoms with van der Waals surface area (Å²) in [5.74, 6) is -1.73. The van der Waals surface area contributed by atoms with Crippen LogP contribution in [0.5, 0.6) is 0 Å². The Balaban J connectivity index is 2.49. The van der Waals surface area contributed by atoms with Gasteiger partial charge in [-0.15, -0.1) is 0 Å². The zero-order chi connectivity index (χ0) is 27.9. The minimum absolute atomic E-state index is 0.0940. The van der Waals surface area contributed by atoms with Crippen LogP contribution in [0.25, 0.3) is 0 Å². The summed E-state index contributed by atoms with van der Waals surface area (Å²) >= 11 is 0. The van der Waals surface area contributed by atoms with E-state index in [0.29, 0.717) is 16.4 Å². The lowest BCUT2D eigenvalue weighted by atomic mass is 9.89. The molecular weight excluding hydrogens is 515 g/mol. The van der Waals surface area contributed by atoms with Gasteiger partial charge in [0.05, 0.1) is 16.9 Å². The van der Waals surface area contributed by atoms with Gasteiger partial charge in [-0.05, 0) is 81.3 Å². The van der Waals surface area contributed by atoms with Crippen LogP contribution in [0.4, 0.5) is 0 Å². The highest BCUT2D eigenvalue weighted by atomic mass is 33.1. The third kappa shape index (κ3) is 6.82. The molecule has 4 atom stereocenters. The Labute approximate surface area is 221 Å². The van der Waals surface area contributed by atoms with Crippen molar-refractivity contribution in [3.8, 4) is 0 Å². The first-order chi connectivity index (χ1) is 16.2. The number of nitrogens with zero attached hydrogens (tertiary/aromatic N) is 1. The molecule has 0 spiro atoms. The Morgan fingerprint density at radius 3 is 2.08 bits per heavy atom. The number of amides is 1. The maximum Gasteiger partial charge on any atom is 0.333 e. The fourth-order valence-electron chi connectivity index (χ4n) is 3.72. The number of benzene rings is 1. The molecule has 0 N–H and O–H groups in total. The number of hydrogen-bond donors (Lipinski definition) is 0. The largest absolute Gasteiger partial charge is 0.458 e. The SMILES string of the molecule is C=C(C)C(C(=O)OC(C)(C)C)N1C(=O)[C@H]([C@@H](C)O[Si](C)(C)C(C)(C)C)[C@H]1SS(=O)(=O)c1ccccc1. The van der Waals surface area contributed by atoms with Gasteiger partial charge in [-0.1, -0.05) is 45.5 Å².